The maximum Gasteiger partial charge on any atom is 0.418 e. The highest BCUT2D eigenvalue weighted by Crippen LogP contribution is 2.46. The normalized spacial score (nSPS) is 19.4. The van der Waals surface area contributed by atoms with Crippen LogP contribution in [-0.2, 0) is 67.9 Å². The summed E-state index contributed by atoms with van der Waals surface area (Å²) >= 11 is 0. The van der Waals surface area contributed by atoms with Gasteiger partial charge in [-0.15, -0.1) is 0 Å². The maximum atomic E-state index is 13.8. The Kier molecular flexibility index (Phi) is 14.8. The molecule has 2 fully saturated rings. The lowest BCUT2D eigenvalue weighted by Gasteiger charge is -2.31. The fourth-order valence-corrected chi connectivity index (χ4v) is 8.45. The Morgan fingerprint density at radius 1 is 0.910 bits per heavy atom. The van der Waals surface area contributed by atoms with E-state index in [1.165, 1.54) is 24.3 Å². The van der Waals surface area contributed by atoms with Crippen molar-refractivity contribution in [2.24, 2.45) is 0 Å². The van der Waals surface area contributed by atoms with Crippen LogP contribution in [0.1, 0.15) is 82.0 Å². The molecule has 1 spiro atoms. The number of imide groups is 3. The number of nitrogens with zero attached hydrogens (tertiary/aromatic N) is 3. The average molecular weight is 938 g/mol. The third-order valence-electron chi connectivity index (χ3n) is 12.0. The van der Waals surface area contributed by atoms with Crippen molar-refractivity contribution in [1.82, 2.24) is 20.0 Å². The standard InChI is InChI=1S/C46H47F4N5O12/c1-27(46(48,49)50)53(25-28-7-9-31(47)10-8-28)38(58)26-54-43(62)45(67-44(54)63)17-15-30-24-32(11-12-34(30)45)51-37(57)16-19-65-21-23-66-22-20-64-18-3-5-29-4-2-6-33-39(29)42(61)55(41(33)60)35-13-14-36(56)52-40(35)59/h2,4,6-12,24,27,35H,3,5,13-23,25-26H2,1H3,(H,51,57)(H,52,56,59)/t27-,35?,45+/m0/s1. The number of anilines is 1. The van der Waals surface area contributed by atoms with Gasteiger partial charge in [0.2, 0.25) is 29.2 Å². The number of aryl methyl sites for hydroxylation is 2. The second-order valence-corrected chi connectivity index (χ2v) is 16.3. The molecule has 3 aliphatic heterocycles. The van der Waals surface area contributed by atoms with Crippen molar-refractivity contribution < 1.29 is 74.9 Å². The lowest BCUT2D eigenvalue weighted by Crippen LogP contribution is -2.54. The van der Waals surface area contributed by atoms with E-state index in [1.54, 1.807) is 24.3 Å². The van der Waals surface area contributed by atoms with Crippen LogP contribution in [0, 0.1) is 5.82 Å². The Morgan fingerprint density at radius 3 is 2.31 bits per heavy atom. The van der Waals surface area contributed by atoms with Crippen LogP contribution in [0.4, 0.5) is 28.0 Å². The molecule has 0 saturated carbocycles. The molecule has 67 heavy (non-hydrogen) atoms. The minimum atomic E-state index is -4.84. The Hall–Kier alpha value is -6.58. The van der Waals surface area contributed by atoms with E-state index in [2.05, 4.69) is 10.6 Å². The van der Waals surface area contributed by atoms with Gasteiger partial charge in [-0.2, -0.15) is 13.2 Å². The monoisotopic (exact) mass is 937 g/mol. The van der Waals surface area contributed by atoms with Crippen LogP contribution in [0.2, 0.25) is 0 Å². The minimum absolute atomic E-state index is 0.00763. The van der Waals surface area contributed by atoms with Crippen LogP contribution >= 0.6 is 0 Å². The summed E-state index contributed by atoms with van der Waals surface area (Å²) in [6, 6.07) is 10.8. The molecule has 0 aromatic heterocycles. The number of fused-ring (bicyclic) bond motifs is 3. The first-order chi connectivity index (χ1) is 32.0. The second kappa shape index (κ2) is 20.5. The van der Waals surface area contributed by atoms with Gasteiger partial charge in [-0.05, 0) is 79.6 Å². The van der Waals surface area contributed by atoms with Gasteiger partial charge in [0.1, 0.15) is 24.4 Å². The van der Waals surface area contributed by atoms with Crippen molar-refractivity contribution in [3.63, 3.8) is 0 Å². The maximum absolute atomic E-state index is 13.8. The average Bonchev–Trinajstić information content (AvgIpc) is 3.86. The van der Waals surface area contributed by atoms with E-state index >= 15 is 0 Å². The molecule has 1 unspecified atom stereocenters. The number of halogens is 4. The number of carbonyl (C=O) groups excluding carboxylic acids is 8. The first-order valence-corrected chi connectivity index (χ1v) is 21.6. The zero-order valence-electron chi connectivity index (χ0n) is 36.3. The molecule has 2 N–H and O–H groups in total. The number of benzene rings is 3. The van der Waals surface area contributed by atoms with Crippen molar-refractivity contribution in [3.8, 4) is 0 Å². The predicted octanol–water partition coefficient (Wildman–Crippen LogP) is 4.34. The zero-order chi connectivity index (χ0) is 48.0. The van der Waals surface area contributed by atoms with Crippen LogP contribution in [0.5, 0.6) is 0 Å². The van der Waals surface area contributed by atoms with E-state index in [0.29, 0.717) is 51.6 Å². The predicted molar refractivity (Wildman–Crippen MR) is 224 cm³/mol. The molecule has 0 bridgehead atoms. The van der Waals surface area contributed by atoms with E-state index in [-0.39, 0.29) is 87.7 Å². The third kappa shape index (κ3) is 10.7. The molecule has 21 heteroatoms. The molecule has 0 radical (unpaired) electrons. The molecule has 8 amide bonds. The summed E-state index contributed by atoms with van der Waals surface area (Å²) in [5, 5.41) is 4.94. The van der Waals surface area contributed by atoms with Crippen molar-refractivity contribution in [2.45, 2.75) is 82.3 Å². The second-order valence-electron chi connectivity index (χ2n) is 16.3. The molecular weight excluding hydrogens is 891 g/mol. The third-order valence-corrected chi connectivity index (χ3v) is 12.0. The quantitative estimate of drug-likeness (QED) is 0.0923. The topological polar surface area (TPSA) is 207 Å². The SMILES string of the molecule is C[C@H](N(Cc1ccc(F)cc1)C(=O)CN1C(=O)O[C@@]2(CCc3cc(NC(=O)CCOCCOCCOCCCc4cccc5c4C(=O)N(C4CCC(=O)NC4=O)C5=O)ccc32)C1=O)C(F)(F)F. The van der Waals surface area contributed by atoms with Crippen LogP contribution in [0.25, 0.3) is 0 Å². The fraction of sp³-hybridized carbons (Fsp3) is 0.435. The first-order valence-electron chi connectivity index (χ1n) is 21.6. The zero-order valence-corrected chi connectivity index (χ0v) is 36.3. The van der Waals surface area contributed by atoms with Crippen LogP contribution in [0.3, 0.4) is 0 Å². The van der Waals surface area contributed by atoms with Crippen LogP contribution in [-0.4, -0.2) is 127 Å². The molecular formula is C46H47F4N5O12. The summed E-state index contributed by atoms with van der Waals surface area (Å²) in [6.45, 7) is 0.648. The van der Waals surface area contributed by atoms with Crippen molar-refractivity contribution >= 4 is 53.1 Å². The van der Waals surface area contributed by atoms with E-state index < -0.39 is 84.3 Å². The van der Waals surface area contributed by atoms with Gasteiger partial charge in [0.25, 0.3) is 17.7 Å². The molecule has 356 valence electrons. The van der Waals surface area contributed by atoms with E-state index in [9.17, 15) is 55.9 Å². The summed E-state index contributed by atoms with van der Waals surface area (Å²) < 4.78 is 77.1. The number of rotatable bonds is 20. The Morgan fingerprint density at radius 2 is 1.61 bits per heavy atom. The van der Waals surface area contributed by atoms with Gasteiger partial charge in [0.15, 0.2) is 0 Å². The van der Waals surface area contributed by atoms with Gasteiger partial charge in [-0.1, -0.05) is 30.3 Å². The molecule has 3 aromatic carbocycles. The number of nitrogens with one attached hydrogen (secondary N) is 2. The van der Waals surface area contributed by atoms with Crippen LogP contribution in [0.15, 0.2) is 60.7 Å². The number of amides is 8. The minimum Gasteiger partial charge on any atom is -0.427 e. The number of ether oxygens (including phenoxy) is 4. The smallest absolute Gasteiger partial charge is 0.418 e. The molecule has 17 nitrogen and oxygen atoms in total. The van der Waals surface area contributed by atoms with Gasteiger partial charge in [0.05, 0.1) is 50.6 Å². The van der Waals surface area contributed by atoms with Crippen molar-refractivity contribution in [3.05, 3.63) is 99.9 Å². The van der Waals surface area contributed by atoms with Gasteiger partial charge in [-0.3, -0.25) is 43.8 Å². The molecule has 3 atom stereocenters. The highest BCUT2D eigenvalue weighted by molar-refractivity contribution is 6.24. The number of hydrogen-bond acceptors (Lipinski definition) is 12. The molecule has 3 aromatic rings. The molecule has 3 heterocycles. The van der Waals surface area contributed by atoms with Gasteiger partial charge >= 0.3 is 12.3 Å². The first kappa shape index (κ1) is 48.4. The Bertz CT molecular complexity index is 2450. The molecule has 7 rings (SSSR count). The number of carbonyl (C=O) groups is 8. The largest absolute Gasteiger partial charge is 0.427 e. The van der Waals surface area contributed by atoms with E-state index in [4.69, 9.17) is 18.9 Å². The molecule has 4 aliphatic rings. The lowest BCUT2D eigenvalue weighted by atomic mass is 9.94. The number of alkyl halides is 3. The summed E-state index contributed by atoms with van der Waals surface area (Å²) in [6.07, 6.45) is -4.65. The van der Waals surface area contributed by atoms with E-state index in [0.717, 1.165) is 24.0 Å². The van der Waals surface area contributed by atoms with Gasteiger partial charge < -0.3 is 29.2 Å². The lowest BCUT2D eigenvalue weighted by molar-refractivity contribution is -0.187. The summed E-state index contributed by atoms with van der Waals surface area (Å²) in [4.78, 5) is 105. The molecule has 2 saturated heterocycles. The molecule has 1 aliphatic carbocycles. The van der Waals surface area contributed by atoms with E-state index in [1.807, 2.05) is 0 Å². The van der Waals surface area contributed by atoms with Crippen molar-refractivity contribution in [1.29, 1.82) is 0 Å². The van der Waals surface area contributed by atoms with Crippen molar-refractivity contribution in [2.75, 3.05) is 51.5 Å². The Labute approximate surface area is 381 Å². The number of piperidine rings is 1. The van der Waals surface area contributed by atoms with Gasteiger partial charge in [-0.25, -0.2) is 14.1 Å². The van der Waals surface area contributed by atoms with Gasteiger partial charge in [0, 0.05) is 37.2 Å². The summed E-state index contributed by atoms with van der Waals surface area (Å²) in [5.74, 6) is -5.28. The number of hydrogen-bond donors (Lipinski definition) is 2. The van der Waals surface area contributed by atoms with Crippen LogP contribution < -0.4 is 10.6 Å². The fourth-order valence-electron chi connectivity index (χ4n) is 8.45. The summed E-state index contributed by atoms with van der Waals surface area (Å²) in [7, 11) is 0. The highest BCUT2D eigenvalue weighted by Gasteiger charge is 2.59. The highest BCUT2D eigenvalue weighted by atomic mass is 19.4. The summed E-state index contributed by atoms with van der Waals surface area (Å²) in [5.41, 5.74) is 0.864. The Balaban J connectivity index is 0.786.